The molecule has 0 fully saturated rings. The molecule has 0 aliphatic heterocycles. The van der Waals surface area contributed by atoms with Gasteiger partial charge in [-0.05, 0) is 6.92 Å². The normalized spacial score (nSPS) is 9.92. The molecule has 1 rings (SSSR count). The molecule has 0 aliphatic carbocycles. The van der Waals surface area contributed by atoms with Crippen molar-refractivity contribution in [3.05, 3.63) is 18.3 Å². The van der Waals surface area contributed by atoms with Crippen LogP contribution in [-0.4, -0.2) is 23.4 Å². The third kappa shape index (κ3) is 1.35. The number of aromatic nitrogens is 2. The predicted octanol–water partition coefficient (Wildman–Crippen LogP) is 1.52. The van der Waals surface area contributed by atoms with E-state index in [4.69, 9.17) is 0 Å². The second-order valence-electron chi connectivity index (χ2n) is 2.77. The molecule has 1 heterocycles. The average molecular weight is 165 g/mol. The minimum absolute atomic E-state index is 0.973. The summed E-state index contributed by atoms with van der Waals surface area (Å²) in [4.78, 5) is 2.14. The summed E-state index contributed by atoms with van der Waals surface area (Å²) in [5, 5.41) is 4.16. The molecule has 0 atom stereocenters. The lowest BCUT2D eigenvalue weighted by atomic mass is 10.3. The Morgan fingerprint density at radius 3 is 2.92 bits per heavy atom. The van der Waals surface area contributed by atoms with Crippen molar-refractivity contribution in [3.63, 3.8) is 0 Å². The van der Waals surface area contributed by atoms with E-state index in [1.54, 1.807) is 0 Å². The molecular formula is C9H15N3. The third-order valence-corrected chi connectivity index (χ3v) is 1.99. The van der Waals surface area contributed by atoms with E-state index < -0.39 is 0 Å². The van der Waals surface area contributed by atoms with Gasteiger partial charge in [-0.3, -0.25) is 4.68 Å². The molecule has 0 aromatic carbocycles. The molecule has 1 aromatic heterocycles. The Labute approximate surface area is 73.3 Å². The Balaban J connectivity index is 3.09. The first kappa shape index (κ1) is 8.84. The number of nitrogens with zero attached hydrogens (tertiary/aromatic N) is 3. The summed E-state index contributed by atoms with van der Waals surface area (Å²) in [5.74, 6) is 1.12. The molecule has 0 saturated carbocycles. The van der Waals surface area contributed by atoms with Gasteiger partial charge >= 0.3 is 0 Å². The van der Waals surface area contributed by atoms with Gasteiger partial charge in [0.25, 0.3) is 0 Å². The molecule has 0 bridgehead atoms. The van der Waals surface area contributed by atoms with Gasteiger partial charge in [0.1, 0.15) is 5.82 Å². The third-order valence-electron chi connectivity index (χ3n) is 1.99. The lowest BCUT2D eigenvalue weighted by Crippen LogP contribution is -2.19. The highest BCUT2D eigenvalue weighted by atomic mass is 15.3. The lowest BCUT2D eigenvalue weighted by molar-refractivity contribution is 0.741. The highest BCUT2D eigenvalue weighted by Gasteiger charge is 2.08. The Hall–Kier alpha value is -1.25. The van der Waals surface area contributed by atoms with Crippen molar-refractivity contribution in [2.24, 2.45) is 7.05 Å². The van der Waals surface area contributed by atoms with Crippen LogP contribution in [0.25, 0.3) is 6.08 Å². The molecule has 3 nitrogen and oxygen atoms in total. The minimum Gasteiger partial charge on any atom is -0.360 e. The van der Waals surface area contributed by atoms with Gasteiger partial charge in [0.2, 0.25) is 0 Å². The highest BCUT2D eigenvalue weighted by Crippen LogP contribution is 2.18. The number of aryl methyl sites for hydroxylation is 1. The van der Waals surface area contributed by atoms with Crippen LogP contribution in [0.4, 0.5) is 5.82 Å². The summed E-state index contributed by atoms with van der Waals surface area (Å²) in [5.41, 5.74) is 1.09. The van der Waals surface area contributed by atoms with Crippen LogP contribution in [0.3, 0.4) is 0 Å². The summed E-state index contributed by atoms with van der Waals surface area (Å²) in [6.45, 7) is 6.83. The molecule has 0 aliphatic rings. The molecule has 0 radical (unpaired) electrons. The van der Waals surface area contributed by atoms with Gasteiger partial charge in [0.05, 0.1) is 6.20 Å². The van der Waals surface area contributed by atoms with Crippen LogP contribution in [0, 0.1) is 0 Å². The predicted molar refractivity (Wildman–Crippen MR) is 52.2 cm³/mol. The standard InChI is InChI=1S/C9H15N3/c1-5-8-7-10-12(4)9(8)11(3)6-2/h5,7H,1,6H2,2-4H3. The molecule has 0 amide bonds. The van der Waals surface area contributed by atoms with E-state index in [-0.39, 0.29) is 0 Å². The molecule has 0 spiro atoms. The Bertz CT molecular complexity index is 275. The topological polar surface area (TPSA) is 21.1 Å². The molecular weight excluding hydrogens is 150 g/mol. The first-order valence-corrected chi connectivity index (χ1v) is 4.06. The van der Waals surface area contributed by atoms with Crippen molar-refractivity contribution in [3.8, 4) is 0 Å². The van der Waals surface area contributed by atoms with Crippen LogP contribution >= 0.6 is 0 Å². The van der Waals surface area contributed by atoms with Crippen LogP contribution in [0.15, 0.2) is 12.8 Å². The van der Waals surface area contributed by atoms with Crippen LogP contribution in [-0.2, 0) is 7.05 Å². The maximum absolute atomic E-state index is 4.16. The van der Waals surface area contributed by atoms with Crippen LogP contribution in [0.2, 0.25) is 0 Å². The van der Waals surface area contributed by atoms with Gasteiger partial charge < -0.3 is 4.90 Å². The second-order valence-corrected chi connectivity index (χ2v) is 2.77. The number of rotatable bonds is 3. The van der Waals surface area contributed by atoms with Crippen molar-refractivity contribution in [1.82, 2.24) is 9.78 Å². The first-order chi connectivity index (χ1) is 5.70. The fourth-order valence-electron chi connectivity index (χ4n) is 1.21. The second kappa shape index (κ2) is 3.43. The molecule has 12 heavy (non-hydrogen) atoms. The fourth-order valence-corrected chi connectivity index (χ4v) is 1.21. The van der Waals surface area contributed by atoms with E-state index in [0.717, 1.165) is 17.9 Å². The Morgan fingerprint density at radius 2 is 2.42 bits per heavy atom. The van der Waals surface area contributed by atoms with E-state index >= 15 is 0 Å². The molecule has 66 valence electrons. The van der Waals surface area contributed by atoms with Gasteiger partial charge in [-0.2, -0.15) is 5.10 Å². The van der Waals surface area contributed by atoms with Gasteiger partial charge in [0.15, 0.2) is 0 Å². The summed E-state index contributed by atoms with van der Waals surface area (Å²) in [6.07, 6.45) is 3.66. The average Bonchev–Trinajstić information content (AvgIpc) is 2.45. The van der Waals surface area contributed by atoms with E-state index in [1.165, 1.54) is 0 Å². The van der Waals surface area contributed by atoms with Crippen molar-refractivity contribution >= 4 is 11.9 Å². The monoisotopic (exact) mass is 165 g/mol. The van der Waals surface area contributed by atoms with Crippen molar-refractivity contribution in [1.29, 1.82) is 0 Å². The zero-order valence-corrected chi connectivity index (χ0v) is 7.91. The minimum atomic E-state index is 0.973. The van der Waals surface area contributed by atoms with Crippen molar-refractivity contribution < 1.29 is 0 Å². The first-order valence-electron chi connectivity index (χ1n) is 4.06. The van der Waals surface area contributed by atoms with Gasteiger partial charge in [0, 0.05) is 26.2 Å². The molecule has 3 heteroatoms. The Morgan fingerprint density at radius 1 is 1.75 bits per heavy atom. The molecule has 1 aromatic rings. The maximum atomic E-state index is 4.16. The van der Waals surface area contributed by atoms with E-state index in [0.29, 0.717) is 0 Å². The zero-order chi connectivity index (χ0) is 9.14. The Kier molecular flexibility index (Phi) is 2.53. The van der Waals surface area contributed by atoms with Crippen molar-refractivity contribution in [2.45, 2.75) is 6.92 Å². The maximum Gasteiger partial charge on any atom is 0.133 e. The van der Waals surface area contributed by atoms with Crippen molar-refractivity contribution in [2.75, 3.05) is 18.5 Å². The van der Waals surface area contributed by atoms with E-state index in [1.807, 2.05) is 31.1 Å². The summed E-state index contributed by atoms with van der Waals surface area (Å²) in [6, 6.07) is 0. The van der Waals surface area contributed by atoms with Crippen LogP contribution in [0.5, 0.6) is 0 Å². The number of hydrogen-bond donors (Lipinski definition) is 0. The fraction of sp³-hybridized carbons (Fsp3) is 0.444. The summed E-state index contributed by atoms with van der Waals surface area (Å²) >= 11 is 0. The molecule has 0 saturated heterocycles. The smallest absolute Gasteiger partial charge is 0.133 e. The van der Waals surface area contributed by atoms with E-state index in [9.17, 15) is 0 Å². The lowest BCUT2D eigenvalue weighted by Gasteiger charge is -2.17. The van der Waals surface area contributed by atoms with Gasteiger partial charge in [-0.25, -0.2) is 0 Å². The zero-order valence-electron chi connectivity index (χ0n) is 7.91. The molecule has 0 unspecified atom stereocenters. The van der Waals surface area contributed by atoms with E-state index in [2.05, 4.69) is 23.5 Å². The number of hydrogen-bond acceptors (Lipinski definition) is 2. The van der Waals surface area contributed by atoms with Gasteiger partial charge in [-0.1, -0.05) is 12.7 Å². The number of anilines is 1. The highest BCUT2D eigenvalue weighted by molar-refractivity contribution is 5.62. The van der Waals surface area contributed by atoms with Crippen LogP contribution in [0.1, 0.15) is 12.5 Å². The van der Waals surface area contributed by atoms with Crippen LogP contribution < -0.4 is 4.90 Å². The molecule has 0 N–H and O–H groups in total. The largest absolute Gasteiger partial charge is 0.360 e. The van der Waals surface area contributed by atoms with Gasteiger partial charge in [-0.15, -0.1) is 0 Å². The SMILES string of the molecule is C=Cc1cnn(C)c1N(C)CC. The summed E-state index contributed by atoms with van der Waals surface area (Å²) < 4.78 is 1.86. The quantitative estimate of drug-likeness (QED) is 0.677. The summed E-state index contributed by atoms with van der Waals surface area (Å²) in [7, 11) is 3.98.